The molecule has 1 heterocycles. The predicted octanol–water partition coefficient (Wildman–Crippen LogP) is 2.18. The SMILES string of the molecule is Cn1cc(S(=O)(=O)NC(=O)[C@@H]2CC2(Cl)Cl)c2ccccc21. The maximum atomic E-state index is 12.4. The summed E-state index contributed by atoms with van der Waals surface area (Å²) in [6, 6.07) is 7.06. The van der Waals surface area contributed by atoms with Crippen LogP contribution in [0.25, 0.3) is 10.9 Å². The Morgan fingerprint density at radius 1 is 1.38 bits per heavy atom. The van der Waals surface area contributed by atoms with Crippen LogP contribution in [-0.4, -0.2) is 23.2 Å². The van der Waals surface area contributed by atoms with Crippen molar-refractivity contribution in [1.82, 2.24) is 9.29 Å². The number of para-hydroxylation sites is 1. The summed E-state index contributed by atoms with van der Waals surface area (Å²) in [5.74, 6) is -1.36. The van der Waals surface area contributed by atoms with Gasteiger partial charge in [-0.1, -0.05) is 18.2 Å². The van der Waals surface area contributed by atoms with Crippen LogP contribution >= 0.6 is 23.2 Å². The number of nitrogens with zero attached hydrogens (tertiary/aromatic N) is 1. The maximum Gasteiger partial charge on any atom is 0.266 e. The minimum Gasteiger partial charge on any atom is -0.349 e. The zero-order valence-corrected chi connectivity index (χ0v) is 13.3. The smallest absolute Gasteiger partial charge is 0.266 e. The Bertz CT molecular complexity index is 842. The van der Waals surface area contributed by atoms with E-state index in [4.69, 9.17) is 23.2 Å². The van der Waals surface area contributed by atoms with E-state index in [2.05, 4.69) is 0 Å². The van der Waals surface area contributed by atoms with Crippen molar-refractivity contribution >= 4 is 50.0 Å². The molecule has 1 aliphatic rings. The monoisotopic (exact) mass is 346 g/mol. The first-order valence-corrected chi connectivity index (χ1v) is 8.45. The Morgan fingerprint density at radius 2 is 2.00 bits per heavy atom. The van der Waals surface area contributed by atoms with Crippen molar-refractivity contribution in [2.24, 2.45) is 13.0 Å². The third-order valence-electron chi connectivity index (χ3n) is 3.53. The molecule has 1 atom stereocenters. The molecule has 1 amide bonds. The molecule has 8 heteroatoms. The molecule has 1 fully saturated rings. The molecule has 2 aromatic rings. The number of fused-ring (bicyclic) bond motifs is 1. The number of rotatable bonds is 3. The summed E-state index contributed by atoms with van der Waals surface area (Å²) >= 11 is 11.6. The fourth-order valence-electron chi connectivity index (χ4n) is 2.27. The number of hydrogen-bond acceptors (Lipinski definition) is 3. The molecule has 0 unspecified atom stereocenters. The first kappa shape index (κ1) is 14.7. The van der Waals surface area contributed by atoms with E-state index in [0.29, 0.717) is 5.39 Å². The van der Waals surface area contributed by atoms with Crippen LogP contribution < -0.4 is 4.72 Å². The molecule has 21 heavy (non-hydrogen) atoms. The van der Waals surface area contributed by atoms with Crippen molar-refractivity contribution in [3.63, 3.8) is 0 Å². The fraction of sp³-hybridized carbons (Fsp3) is 0.308. The van der Waals surface area contributed by atoms with Crippen LogP contribution in [0.5, 0.6) is 0 Å². The number of amides is 1. The van der Waals surface area contributed by atoms with Gasteiger partial charge < -0.3 is 4.57 Å². The number of benzene rings is 1. The summed E-state index contributed by atoms with van der Waals surface area (Å²) in [7, 11) is -2.22. The quantitative estimate of drug-likeness (QED) is 0.866. The number of sulfonamides is 1. The van der Waals surface area contributed by atoms with Crippen LogP contribution in [0.1, 0.15) is 6.42 Å². The molecule has 1 N–H and O–H groups in total. The molecule has 1 saturated carbocycles. The van der Waals surface area contributed by atoms with Crippen molar-refractivity contribution in [2.75, 3.05) is 0 Å². The van der Waals surface area contributed by atoms with E-state index in [9.17, 15) is 13.2 Å². The lowest BCUT2D eigenvalue weighted by Crippen LogP contribution is -2.32. The lowest BCUT2D eigenvalue weighted by atomic mass is 10.2. The van der Waals surface area contributed by atoms with Gasteiger partial charge in [-0.2, -0.15) is 0 Å². The third kappa shape index (κ3) is 2.52. The topological polar surface area (TPSA) is 68.2 Å². The number of alkyl halides is 2. The lowest BCUT2D eigenvalue weighted by Gasteiger charge is -2.05. The molecule has 0 aliphatic heterocycles. The van der Waals surface area contributed by atoms with Gasteiger partial charge in [0.2, 0.25) is 5.91 Å². The average molecular weight is 347 g/mol. The first-order chi connectivity index (χ1) is 9.72. The van der Waals surface area contributed by atoms with Gasteiger partial charge in [-0.05, 0) is 12.5 Å². The Labute approximate surface area is 131 Å². The highest BCUT2D eigenvalue weighted by molar-refractivity contribution is 7.90. The van der Waals surface area contributed by atoms with E-state index in [0.717, 1.165) is 5.52 Å². The molecule has 1 aliphatic carbocycles. The largest absolute Gasteiger partial charge is 0.349 e. The number of carbonyl (C=O) groups excluding carboxylic acids is 1. The van der Waals surface area contributed by atoms with Gasteiger partial charge in [0.15, 0.2) is 0 Å². The van der Waals surface area contributed by atoms with Gasteiger partial charge in [0.25, 0.3) is 10.0 Å². The minimum absolute atomic E-state index is 0.0596. The van der Waals surface area contributed by atoms with Gasteiger partial charge in [0.05, 0.1) is 5.92 Å². The number of aromatic nitrogens is 1. The second-order valence-electron chi connectivity index (χ2n) is 5.11. The first-order valence-electron chi connectivity index (χ1n) is 6.21. The molecule has 0 spiro atoms. The number of hydrogen-bond donors (Lipinski definition) is 1. The lowest BCUT2D eigenvalue weighted by molar-refractivity contribution is -0.120. The molecular formula is C13H12Cl2N2O3S. The van der Waals surface area contributed by atoms with Crippen molar-refractivity contribution in [1.29, 1.82) is 0 Å². The summed E-state index contributed by atoms with van der Waals surface area (Å²) in [6.07, 6.45) is 1.73. The second kappa shape index (κ2) is 4.63. The Balaban J connectivity index is 1.96. The van der Waals surface area contributed by atoms with E-state index in [1.165, 1.54) is 6.20 Å². The molecule has 0 saturated heterocycles. The van der Waals surface area contributed by atoms with Crippen LogP contribution in [-0.2, 0) is 21.9 Å². The van der Waals surface area contributed by atoms with E-state index in [-0.39, 0.29) is 11.3 Å². The molecule has 0 bridgehead atoms. The Morgan fingerprint density at radius 3 is 2.62 bits per heavy atom. The van der Waals surface area contributed by atoms with Gasteiger partial charge >= 0.3 is 0 Å². The van der Waals surface area contributed by atoms with E-state index >= 15 is 0 Å². The molecule has 112 valence electrons. The van der Waals surface area contributed by atoms with Gasteiger partial charge in [-0.3, -0.25) is 4.79 Å². The molecule has 0 radical (unpaired) electrons. The number of aryl methyl sites for hydroxylation is 1. The summed E-state index contributed by atoms with van der Waals surface area (Å²) < 4.78 is 27.3. The van der Waals surface area contributed by atoms with Gasteiger partial charge in [-0.15, -0.1) is 23.2 Å². The van der Waals surface area contributed by atoms with Crippen LogP contribution in [0.3, 0.4) is 0 Å². The van der Waals surface area contributed by atoms with E-state index in [1.807, 2.05) is 10.8 Å². The third-order valence-corrected chi connectivity index (χ3v) is 5.74. The predicted molar refractivity (Wildman–Crippen MR) is 80.8 cm³/mol. The zero-order chi connectivity index (χ0) is 15.4. The van der Waals surface area contributed by atoms with Gasteiger partial charge in [-0.25, -0.2) is 13.1 Å². The standard InChI is InChI=1S/C13H12Cl2N2O3S/c1-17-7-11(8-4-2-3-5-10(8)17)21(19,20)16-12(18)9-6-13(9,14)15/h2-5,7,9H,6H2,1H3,(H,16,18)/t9-/m0/s1. The molecule has 5 nitrogen and oxygen atoms in total. The summed E-state index contributed by atoms with van der Waals surface area (Å²) in [4.78, 5) is 11.9. The highest BCUT2D eigenvalue weighted by Crippen LogP contribution is 2.53. The summed E-state index contributed by atoms with van der Waals surface area (Å²) in [5, 5.41) is 0.555. The highest BCUT2D eigenvalue weighted by atomic mass is 35.5. The van der Waals surface area contributed by atoms with Gasteiger partial charge in [0.1, 0.15) is 9.23 Å². The Kier molecular flexibility index (Phi) is 3.24. The minimum atomic E-state index is -3.96. The molecule has 1 aromatic carbocycles. The Hall–Kier alpha value is -1.24. The molecule has 3 rings (SSSR count). The number of nitrogens with one attached hydrogen (secondary N) is 1. The van der Waals surface area contributed by atoms with Crippen LogP contribution in [0, 0.1) is 5.92 Å². The summed E-state index contributed by atoms with van der Waals surface area (Å²) in [5.41, 5.74) is 0.765. The van der Waals surface area contributed by atoms with Crippen molar-refractivity contribution in [2.45, 2.75) is 15.6 Å². The van der Waals surface area contributed by atoms with Crippen molar-refractivity contribution in [3.05, 3.63) is 30.5 Å². The van der Waals surface area contributed by atoms with Crippen molar-refractivity contribution in [3.8, 4) is 0 Å². The maximum absolute atomic E-state index is 12.4. The van der Waals surface area contributed by atoms with E-state index < -0.39 is 26.2 Å². The molecular weight excluding hydrogens is 335 g/mol. The summed E-state index contributed by atoms with van der Waals surface area (Å²) in [6.45, 7) is 0. The van der Waals surface area contributed by atoms with Crippen molar-refractivity contribution < 1.29 is 13.2 Å². The second-order valence-corrected chi connectivity index (χ2v) is 8.30. The fourth-order valence-corrected chi connectivity index (χ4v) is 4.06. The van der Waals surface area contributed by atoms with Crippen LogP contribution in [0.15, 0.2) is 35.4 Å². The van der Waals surface area contributed by atoms with Crippen LogP contribution in [0.2, 0.25) is 0 Å². The normalized spacial score (nSPS) is 20.4. The zero-order valence-electron chi connectivity index (χ0n) is 11.0. The molecule has 1 aromatic heterocycles. The van der Waals surface area contributed by atoms with E-state index in [1.54, 1.807) is 29.8 Å². The average Bonchev–Trinajstić information content (AvgIpc) is 2.90. The number of carbonyl (C=O) groups is 1. The highest BCUT2D eigenvalue weighted by Gasteiger charge is 2.57. The van der Waals surface area contributed by atoms with Gasteiger partial charge in [0, 0.05) is 24.1 Å². The number of halogens is 2. The van der Waals surface area contributed by atoms with Crippen LogP contribution in [0.4, 0.5) is 0 Å².